The second-order valence-corrected chi connectivity index (χ2v) is 6.42. The van der Waals surface area contributed by atoms with Crippen molar-refractivity contribution in [2.75, 3.05) is 21.3 Å². The van der Waals surface area contributed by atoms with Gasteiger partial charge in [0, 0.05) is 37.6 Å². The summed E-state index contributed by atoms with van der Waals surface area (Å²) >= 11 is 0. The minimum atomic E-state index is -0.334. The fourth-order valence-electron chi connectivity index (χ4n) is 2.90. The van der Waals surface area contributed by atoms with E-state index in [0.29, 0.717) is 41.7 Å². The third kappa shape index (κ3) is 4.90. The first-order valence-electron chi connectivity index (χ1n) is 9.04. The molecule has 0 aliphatic heterocycles. The molecular weight excluding hydrogens is 377 g/mol. The summed E-state index contributed by atoms with van der Waals surface area (Å²) in [5.74, 6) is 1.53. The zero-order valence-electron chi connectivity index (χ0n) is 16.5. The molecule has 3 rings (SSSR count). The summed E-state index contributed by atoms with van der Waals surface area (Å²) in [6.07, 6.45) is 0.528. The van der Waals surface area contributed by atoms with Crippen molar-refractivity contribution < 1.29 is 23.2 Å². The Morgan fingerprint density at radius 2 is 1.90 bits per heavy atom. The lowest BCUT2D eigenvalue weighted by Crippen LogP contribution is -2.26. The predicted octanol–water partition coefficient (Wildman–Crippen LogP) is 3.48. The molecule has 0 fully saturated rings. The molecule has 152 valence electrons. The highest BCUT2D eigenvalue weighted by atomic mass is 19.1. The second kappa shape index (κ2) is 9.18. The average molecular weight is 399 g/mol. The topological polar surface area (TPSA) is 77.7 Å². The number of amides is 1. The molecule has 0 atom stereocenters. The monoisotopic (exact) mass is 399 g/mol. The van der Waals surface area contributed by atoms with E-state index < -0.39 is 0 Å². The Labute approximate surface area is 168 Å². The number of benzene rings is 2. The van der Waals surface area contributed by atoms with Gasteiger partial charge in [-0.3, -0.25) is 4.79 Å². The van der Waals surface area contributed by atoms with E-state index in [4.69, 9.17) is 14.0 Å². The summed E-state index contributed by atoms with van der Waals surface area (Å²) < 4.78 is 28.9. The van der Waals surface area contributed by atoms with Crippen molar-refractivity contribution in [3.8, 4) is 22.9 Å². The largest absolute Gasteiger partial charge is 0.493 e. The second-order valence-electron chi connectivity index (χ2n) is 6.42. The van der Waals surface area contributed by atoms with Crippen LogP contribution in [-0.2, 0) is 17.8 Å². The van der Waals surface area contributed by atoms with E-state index in [2.05, 4.69) is 10.1 Å². The van der Waals surface area contributed by atoms with Gasteiger partial charge in [-0.05, 0) is 30.3 Å². The van der Waals surface area contributed by atoms with E-state index in [-0.39, 0.29) is 18.1 Å². The molecule has 3 aromatic rings. The number of carbonyl (C=O) groups is 1. The van der Waals surface area contributed by atoms with Gasteiger partial charge < -0.3 is 18.9 Å². The Morgan fingerprint density at radius 3 is 2.59 bits per heavy atom. The summed E-state index contributed by atoms with van der Waals surface area (Å²) in [5.41, 5.74) is 1.49. The van der Waals surface area contributed by atoms with Gasteiger partial charge in [0.25, 0.3) is 0 Å². The molecule has 29 heavy (non-hydrogen) atoms. The predicted molar refractivity (Wildman–Crippen MR) is 104 cm³/mol. The number of hydrogen-bond acceptors (Lipinski definition) is 6. The van der Waals surface area contributed by atoms with Crippen molar-refractivity contribution in [1.29, 1.82) is 0 Å². The van der Waals surface area contributed by atoms with Crippen LogP contribution < -0.4 is 9.47 Å². The van der Waals surface area contributed by atoms with Gasteiger partial charge in [-0.2, -0.15) is 4.98 Å². The maximum atomic E-state index is 13.0. The average Bonchev–Trinajstić information content (AvgIpc) is 3.21. The van der Waals surface area contributed by atoms with Gasteiger partial charge in [-0.25, -0.2) is 4.39 Å². The van der Waals surface area contributed by atoms with Crippen molar-refractivity contribution in [3.05, 3.63) is 59.7 Å². The van der Waals surface area contributed by atoms with Crippen LogP contribution in [0.4, 0.5) is 4.39 Å². The van der Waals surface area contributed by atoms with E-state index in [1.165, 1.54) is 12.1 Å². The van der Waals surface area contributed by atoms with Gasteiger partial charge in [-0.1, -0.05) is 17.3 Å². The minimum Gasteiger partial charge on any atom is -0.493 e. The van der Waals surface area contributed by atoms with Crippen LogP contribution in [0.3, 0.4) is 0 Å². The molecule has 1 amide bonds. The first-order valence-corrected chi connectivity index (χ1v) is 9.04. The van der Waals surface area contributed by atoms with Crippen molar-refractivity contribution in [1.82, 2.24) is 15.0 Å². The number of ether oxygens (including phenoxy) is 2. The molecular formula is C21H22FN3O4. The molecule has 2 aromatic carbocycles. The molecule has 0 bridgehead atoms. The van der Waals surface area contributed by atoms with Crippen molar-refractivity contribution in [3.63, 3.8) is 0 Å². The number of hydrogen-bond donors (Lipinski definition) is 0. The molecule has 1 heterocycles. The Bertz CT molecular complexity index is 972. The third-order valence-corrected chi connectivity index (χ3v) is 4.44. The molecule has 0 saturated heterocycles. The van der Waals surface area contributed by atoms with Crippen LogP contribution in [0.2, 0.25) is 0 Å². The highest BCUT2D eigenvalue weighted by Crippen LogP contribution is 2.31. The molecule has 7 nitrogen and oxygen atoms in total. The number of nitrogens with zero attached hydrogens (tertiary/aromatic N) is 3. The Balaban J connectivity index is 1.59. The maximum Gasteiger partial charge on any atom is 0.227 e. The van der Waals surface area contributed by atoms with Gasteiger partial charge in [0.15, 0.2) is 11.5 Å². The normalized spacial score (nSPS) is 10.6. The molecule has 0 aliphatic carbocycles. The molecule has 0 spiro atoms. The van der Waals surface area contributed by atoms with Crippen LogP contribution in [0, 0.1) is 5.82 Å². The smallest absolute Gasteiger partial charge is 0.227 e. The number of aryl methyl sites for hydroxylation is 1. The standard InChI is InChI=1S/C21H22FN3O4/c1-25(13-15-5-4-6-17(27-2)20(15)28-3)19(26)12-11-18-23-21(24-29-18)14-7-9-16(22)10-8-14/h4-10H,11-13H2,1-3H3. The number of methoxy groups -OCH3 is 2. The van der Waals surface area contributed by atoms with Crippen molar-refractivity contribution in [2.24, 2.45) is 0 Å². The van der Waals surface area contributed by atoms with Gasteiger partial charge in [-0.15, -0.1) is 0 Å². The lowest BCUT2D eigenvalue weighted by atomic mass is 10.1. The molecule has 0 N–H and O–H groups in total. The van der Waals surface area contributed by atoms with E-state index >= 15 is 0 Å². The SMILES string of the molecule is COc1cccc(CN(C)C(=O)CCc2nc(-c3ccc(F)cc3)no2)c1OC. The summed E-state index contributed by atoms with van der Waals surface area (Å²) in [7, 11) is 4.86. The summed E-state index contributed by atoms with van der Waals surface area (Å²) in [5, 5.41) is 3.88. The zero-order valence-corrected chi connectivity index (χ0v) is 16.5. The molecule has 1 aromatic heterocycles. The highest BCUT2D eigenvalue weighted by molar-refractivity contribution is 5.76. The van der Waals surface area contributed by atoms with E-state index in [1.807, 2.05) is 12.1 Å². The summed E-state index contributed by atoms with van der Waals surface area (Å²) in [4.78, 5) is 18.4. The number of halogens is 1. The molecule has 0 unspecified atom stereocenters. The van der Waals surface area contributed by atoms with Crippen LogP contribution in [0.5, 0.6) is 11.5 Å². The van der Waals surface area contributed by atoms with Crippen LogP contribution in [0.1, 0.15) is 17.9 Å². The minimum absolute atomic E-state index is 0.0728. The summed E-state index contributed by atoms with van der Waals surface area (Å²) in [6, 6.07) is 11.4. The quantitative estimate of drug-likeness (QED) is 0.577. The van der Waals surface area contributed by atoms with Crippen LogP contribution >= 0.6 is 0 Å². The van der Waals surface area contributed by atoms with Crippen LogP contribution in [-0.4, -0.2) is 42.2 Å². The number of rotatable bonds is 8. The zero-order chi connectivity index (χ0) is 20.8. The number of para-hydroxylation sites is 1. The molecule has 0 radical (unpaired) electrons. The van der Waals surface area contributed by atoms with Gasteiger partial charge in [0.2, 0.25) is 17.6 Å². The van der Waals surface area contributed by atoms with Crippen LogP contribution in [0.25, 0.3) is 11.4 Å². The summed E-state index contributed by atoms with van der Waals surface area (Å²) in [6.45, 7) is 0.379. The number of aromatic nitrogens is 2. The van der Waals surface area contributed by atoms with Gasteiger partial charge >= 0.3 is 0 Å². The van der Waals surface area contributed by atoms with E-state index in [9.17, 15) is 9.18 Å². The Morgan fingerprint density at radius 1 is 1.14 bits per heavy atom. The third-order valence-electron chi connectivity index (χ3n) is 4.44. The van der Waals surface area contributed by atoms with Gasteiger partial charge in [0.05, 0.1) is 14.2 Å². The maximum absolute atomic E-state index is 13.0. The first-order chi connectivity index (χ1) is 14.0. The Kier molecular flexibility index (Phi) is 6.43. The van der Waals surface area contributed by atoms with Gasteiger partial charge in [0.1, 0.15) is 5.82 Å². The molecule has 0 aliphatic rings. The lowest BCUT2D eigenvalue weighted by molar-refractivity contribution is -0.130. The van der Waals surface area contributed by atoms with Crippen LogP contribution in [0.15, 0.2) is 47.0 Å². The highest BCUT2D eigenvalue weighted by Gasteiger charge is 2.16. The molecule has 0 saturated carbocycles. The van der Waals surface area contributed by atoms with Crippen molar-refractivity contribution >= 4 is 5.91 Å². The first kappa shape index (κ1) is 20.3. The van der Waals surface area contributed by atoms with E-state index in [1.54, 1.807) is 44.4 Å². The fraction of sp³-hybridized carbons (Fsp3) is 0.286. The fourth-order valence-corrected chi connectivity index (χ4v) is 2.90. The van der Waals surface area contributed by atoms with E-state index in [0.717, 1.165) is 5.56 Å². The lowest BCUT2D eigenvalue weighted by Gasteiger charge is -2.19. The number of carbonyl (C=O) groups excluding carboxylic acids is 1. The van der Waals surface area contributed by atoms with Crippen molar-refractivity contribution in [2.45, 2.75) is 19.4 Å². The Hall–Kier alpha value is -3.42. The molecule has 8 heteroatoms.